The summed E-state index contributed by atoms with van der Waals surface area (Å²) in [7, 11) is 1.78. The lowest BCUT2D eigenvalue weighted by atomic mass is 9.36. The van der Waals surface area contributed by atoms with Crippen molar-refractivity contribution in [2.45, 2.75) is 110 Å². The Morgan fingerprint density at radius 3 is 2.49 bits per heavy atom. The number of methoxy groups -OCH3 is 1. The first-order valence-corrected chi connectivity index (χ1v) is 13.2. The molecule has 1 heterocycles. The van der Waals surface area contributed by atoms with Crippen LogP contribution < -0.4 is 14.8 Å². The van der Waals surface area contributed by atoms with Gasteiger partial charge < -0.3 is 24.6 Å². The van der Waals surface area contributed by atoms with Gasteiger partial charge in [-0.2, -0.15) is 5.26 Å². The molecule has 5 rings (SSSR count). The highest BCUT2D eigenvalue weighted by Gasteiger charge is 2.79. The third-order valence-corrected chi connectivity index (χ3v) is 10.5. The number of hydrogen-bond donors (Lipinski definition) is 2. The highest BCUT2D eigenvalue weighted by atomic mass is 16.6. The summed E-state index contributed by atoms with van der Waals surface area (Å²) < 4.78 is 19.6. The molecule has 2 N–H and O–H groups in total. The fourth-order valence-electron chi connectivity index (χ4n) is 8.21. The van der Waals surface area contributed by atoms with Crippen LogP contribution in [0.25, 0.3) is 0 Å². The zero-order valence-electron chi connectivity index (χ0n) is 23.0. The molecule has 1 aliphatic heterocycles. The van der Waals surface area contributed by atoms with E-state index >= 15 is 0 Å². The third kappa shape index (κ3) is 3.07. The molecule has 194 valence electrons. The molecule has 3 saturated carbocycles. The molecule has 1 unspecified atom stereocenters. The van der Waals surface area contributed by atoms with Crippen molar-refractivity contribution in [1.82, 2.24) is 5.32 Å². The second-order valence-electron chi connectivity index (χ2n) is 12.3. The van der Waals surface area contributed by atoms with Crippen LogP contribution in [0.15, 0.2) is 12.1 Å². The molecule has 6 nitrogen and oxygen atoms in total. The van der Waals surface area contributed by atoms with Crippen LogP contribution in [-0.4, -0.2) is 42.2 Å². The van der Waals surface area contributed by atoms with Gasteiger partial charge in [-0.15, -0.1) is 0 Å². The quantitative estimate of drug-likeness (QED) is 0.407. The van der Waals surface area contributed by atoms with Crippen molar-refractivity contribution in [2.24, 2.45) is 16.7 Å². The van der Waals surface area contributed by atoms with Crippen LogP contribution in [0.4, 0.5) is 0 Å². The lowest BCUT2D eigenvalue weighted by molar-refractivity contribution is -0.296. The van der Waals surface area contributed by atoms with Gasteiger partial charge in [0.25, 0.3) is 0 Å². The first-order valence-electron chi connectivity index (χ1n) is 13.2. The van der Waals surface area contributed by atoms with Gasteiger partial charge in [0.1, 0.15) is 11.7 Å². The zero-order chi connectivity index (χ0) is 26.0. The molecule has 1 aromatic carbocycles. The molecule has 0 saturated heterocycles. The number of aliphatic hydroxyl groups is 1. The van der Waals surface area contributed by atoms with Gasteiger partial charge in [0.05, 0.1) is 12.2 Å². The van der Waals surface area contributed by atoms with Crippen LogP contribution in [-0.2, 0) is 10.2 Å². The maximum absolute atomic E-state index is 12.2. The standard InChI is InChI=1S/C29H44N2O4/c1-10-28-22-18(3)12-13-20(34-11-2)23(22)35-24(28)29(33-9)15-14-27(28,19(4)31-17-30)16-21(29)26(8,32)25(5,6)7/h12-13,19,21,24,31-32H,10-11,14-16H2,1-9H3/t19-,21-,24-,26?,27-,28+,29-/m1/s1. The molecule has 35 heavy (non-hydrogen) atoms. The van der Waals surface area contributed by atoms with E-state index in [4.69, 9.17) is 14.2 Å². The number of rotatable bonds is 7. The monoisotopic (exact) mass is 484 g/mol. The minimum absolute atomic E-state index is 0.104. The van der Waals surface area contributed by atoms with Gasteiger partial charge in [0.15, 0.2) is 17.7 Å². The average Bonchev–Trinajstić information content (AvgIpc) is 3.20. The number of aryl methyl sites for hydroxylation is 1. The van der Waals surface area contributed by atoms with E-state index in [1.165, 1.54) is 11.1 Å². The fourth-order valence-corrected chi connectivity index (χ4v) is 8.21. The summed E-state index contributed by atoms with van der Waals surface area (Å²) in [6.07, 6.45) is 5.17. The molecule has 0 aromatic heterocycles. The van der Waals surface area contributed by atoms with Gasteiger partial charge in [-0.25, -0.2) is 0 Å². The van der Waals surface area contributed by atoms with Crippen molar-refractivity contribution in [2.75, 3.05) is 13.7 Å². The number of fused-ring (bicyclic) bond motifs is 3. The van der Waals surface area contributed by atoms with Gasteiger partial charge >= 0.3 is 0 Å². The number of nitriles is 1. The number of benzene rings is 1. The van der Waals surface area contributed by atoms with Crippen LogP contribution in [0.2, 0.25) is 0 Å². The molecule has 6 heteroatoms. The summed E-state index contributed by atoms with van der Waals surface area (Å²) in [6, 6.07) is 4.04. The first-order chi connectivity index (χ1) is 16.3. The molecule has 7 atom stereocenters. The van der Waals surface area contributed by atoms with E-state index in [0.717, 1.165) is 37.2 Å². The average molecular weight is 485 g/mol. The Morgan fingerprint density at radius 2 is 1.94 bits per heavy atom. The second-order valence-corrected chi connectivity index (χ2v) is 12.3. The summed E-state index contributed by atoms with van der Waals surface area (Å²) in [5, 5.41) is 25.0. The van der Waals surface area contributed by atoms with E-state index in [2.05, 4.69) is 59.1 Å². The molecule has 2 bridgehead atoms. The Balaban J connectivity index is 2.07. The molecule has 3 fully saturated rings. The van der Waals surface area contributed by atoms with Crippen molar-refractivity contribution in [3.05, 3.63) is 23.3 Å². The SMILES string of the molecule is CCOc1ccc(C)c2c1O[C@H]1[C@@]3(OC)CC[C@]([C@@H](C)NC#N)(C[C@@H]3C(C)(O)C(C)(C)C)[C@@]21CC. The summed E-state index contributed by atoms with van der Waals surface area (Å²) in [5.41, 5.74) is -0.399. The molecule has 0 radical (unpaired) electrons. The van der Waals surface area contributed by atoms with Crippen molar-refractivity contribution in [1.29, 1.82) is 5.26 Å². The van der Waals surface area contributed by atoms with E-state index in [9.17, 15) is 10.4 Å². The predicted octanol–water partition coefficient (Wildman–Crippen LogP) is 5.24. The van der Waals surface area contributed by atoms with Gasteiger partial charge in [0, 0.05) is 35.5 Å². The predicted molar refractivity (Wildman–Crippen MR) is 137 cm³/mol. The third-order valence-electron chi connectivity index (χ3n) is 10.5. The van der Waals surface area contributed by atoms with Gasteiger partial charge in [0.2, 0.25) is 0 Å². The number of hydrogen-bond acceptors (Lipinski definition) is 6. The van der Waals surface area contributed by atoms with Crippen LogP contribution in [0.5, 0.6) is 11.5 Å². The lowest BCUT2D eigenvalue weighted by Crippen LogP contribution is -2.79. The van der Waals surface area contributed by atoms with E-state index in [1.54, 1.807) is 7.11 Å². The fraction of sp³-hybridized carbons (Fsp3) is 0.759. The highest BCUT2D eigenvalue weighted by molar-refractivity contribution is 5.61. The molecule has 4 aliphatic rings. The number of ether oxygens (including phenoxy) is 3. The summed E-state index contributed by atoms with van der Waals surface area (Å²) in [4.78, 5) is 0. The Hall–Kier alpha value is -1.97. The van der Waals surface area contributed by atoms with Crippen LogP contribution >= 0.6 is 0 Å². The minimum Gasteiger partial charge on any atom is -0.490 e. The molecule has 3 aliphatic carbocycles. The van der Waals surface area contributed by atoms with Gasteiger partial charge in [-0.1, -0.05) is 33.8 Å². The van der Waals surface area contributed by atoms with Crippen molar-refractivity contribution in [3.8, 4) is 17.7 Å². The van der Waals surface area contributed by atoms with Gasteiger partial charge in [-0.05, 0) is 70.4 Å². The lowest BCUT2D eigenvalue weighted by Gasteiger charge is -2.71. The van der Waals surface area contributed by atoms with E-state index in [0.29, 0.717) is 6.61 Å². The van der Waals surface area contributed by atoms with Gasteiger partial charge in [-0.3, -0.25) is 0 Å². The summed E-state index contributed by atoms with van der Waals surface area (Å²) in [5.74, 6) is 1.40. The largest absolute Gasteiger partial charge is 0.490 e. The van der Waals surface area contributed by atoms with Crippen molar-refractivity contribution < 1.29 is 19.3 Å². The first kappa shape index (κ1) is 26.1. The normalized spacial score (nSPS) is 35.8. The Kier molecular flexibility index (Phi) is 6.18. The van der Waals surface area contributed by atoms with E-state index < -0.39 is 11.2 Å². The molecular formula is C29H44N2O4. The summed E-state index contributed by atoms with van der Waals surface area (Å²) >= 11 is 0. The maximum atomic E-state index is 12.2. The van der Waals surface area contributed by atoms with Crippen molar-refractivity contribution in [3.63, 3.8) is 0 Å². The zero-order valence-corrected chi connectivity index (χ0v) is 23.0. The Bertz CT molecular complexity index is 1020. The van der Waals surface area contributed by atoms with E-state index in [1.807, 2.05) is 19.9 Å². The molecule has 1 aromatic rings. The number of nitrogens with one attached hydrogen (secondary N) is 1. The second kappa shape index (κ2) is 8.28. The number of nitrogens with zero attached hydrogens (tertiary/aromatic N) is 1. The smallest absolute Gasteiger partial charge is 0.176 e. The summed E-state index contributed by atoms with van der Waals surface area (Å²) in [6.45, 7) is 17.3. The Labute approximate surface area is 211 Å². The van der Waals surface area contributed by atoms with Crippen LogP contribution in [0, 0.1) is 35.1 Å². The van der Waals surface area contributed by atoms with E-state index in [-0.39, 0.29) is 34.3 Å². The topological polar surface area (TPSA) is 83.7 Å². The Morgan fingerprint density at radius 1 is 1.26 bits per heavy atom. The van der Waals surface area contributed by atoms with Crippen LogP contribution in [0.1, 0.15) is 85.3 Å². The van der Waals surface area contributed by atoms with Crippen LogP contribution in [0.3, 0.4) is 0 Å². The maximum Gasteiger partial charge on any atom is 0.176 e. The molecular weight excluding hydrogens is 440 g/mol. The highest BCUT2D eigenvalue weighted by Crippen LogP contribution is 2.74. The van der Waals surface area contributed by atoms with Crippen molar-refractivity contribution >= 4 is 0 Å². The minimum atomic E-state index is -1.02. The molecule has 0 spiro atoms. The molecule has 0 amide bonds.